The molecule has 5 nitrogen and oxygen atoms in total. The van der Waals surface area contributed by atoms with Gasteiger partial charge in [0.15, 0.2) is 23.0 Å². The van der Waals surface area contributed by atoms with Crippen LogP contribution in [0.25, 0.3) is 21.4 Å². The third-order valence-corrected chi connectivity index (χ3v) is 6.05. The van der Waals surface area contributed by atoms with E-state index in [1.54, 1.807) is 11.3 Å². The van der Waals surface area contributed by atoms with Crippen molar-refractivity contribution in [3.63, 3.8) is 0 Å². The van der Waals surface area contributed by atoms with Crippen molar-refractivity contribution in [1.82, 2.24) is 0 Å². The molecule has 1 fully saturated rings. The third-order valence-electron chi connectivity index (χ3n) is 4.61. The molecule has 0 amide bonds. The standard InChI is InChI=1S/C19H17NO4S2/c25-16-10-17(20-3-5-21-6-4-20)24-18-13(11-26-19(16)18)12-1-2-14-15(9-12)23-8-7-22-14/h1-2,9-11H,3-8H2. The van der Waals surface area contributed by atoms with Gasteiger partial charge in [-0.1, -0.05) is 18.3 Å². The third kappa shape index (κ3) is 2.76. The molecule has 0 bridgehead atoms. The van der Waals surface area contributed by atoms with E-state index in [1.807, 2.05) is 24.3 Å². The van der Waals surface area contributed by atoms with Gasteiger partial charge in [0.25, 0.3) is 0 Å². The Labute approximate surface area is 159 Å². The lowest BCUT2D eigenvalue weighted by atomic mass is 10.1. The Bertz CT molecular complexity index is 1020. The van der Waals surface area contributed by atoms with E-state index in [1.165, 1.54) is 0 Å². The minimum absolute atomic E-state index is 0.572. The predicted octanol–water partition coefficient (Wildman–Crippen LogP) is 4.50. The highest BCUT2D eigenvalue weighted by atomic mass is 32.1. The van der Waals surface area contributed by atoms with E-state index in [0.29, 0.717) is 26.4 Å². The first kappa shape index (κ1) is 16.1. The van der Waals surface area contributed by atoms with E-state index >= 15 is 0 Å². The van der Waals surface area contributed by atoms with Gasteiger partial charge in [0.2, 0.25) is 0 Å². The predicted molar refractivity (Wildman–Crippen MR) is 104 cm³/mol. The Morgan fingerprint density at radius 3 is 2.62 bits per heavy atom. The van der Waals surface area contributed by atoms with Gasteiger partial charge < -0.3 is 23.5 Å². The first-order valence-corrected chi connectivity index (χ1v) is 9.86. The van der Waals surface area contributed by atoms with Crippen LogP contribution < -0.4 is 14.4 Å². The zero-order valence-corrected chi connectivity index (χ0v) is 15.7. The Hall–Kier alpha value is -2.09. The highest BCUT2D eigenvalue weighted by molar-refractivity contribution is 7.72. The van der Waals surface area contributed by atoms with Gasteiger partial charge in [-0.25, -0.2) is 0 Å². The number of anilines is 1. The van der Waals surface area contributed by atoms with Gasteiger partial charge in [-0.2, -0.15) is 0 Å². The molecule has 7 heteroatoms. The van der Waals surface area contributed by atoms with Gasteiger partial charge in [0.05, 0.1) is 22.4 Å². The zero-order chi connectivity index (χ0) is 17.5. The van der Waals surface area contributed by atoms with Gasteiger partial charge in [-0.15, -0.1) is 11.3 Å². The Morgan fingerprint density at radius 2 is 1.77 bits per heavy atom. The summed E-state index contributed by atoms with van der Waals surface area (Å²) < 4.78 is 24.9. The zero-order valence-electron chi connectivity index (χ0n) is 14.0. The van der Waals surface area contributed by atoms with Crippen LogP contribution in [0.2, 0.25) is 0 Å². The lowest BCUT2D eigenvalue weighted by Crippen LogP contribution is -2.36. The number of fused-ring (bicyclic) bond motifs is 2. The van der Waals surface area contributed by atoms with E-state index in [2.05, 4.69) is 10.3 Å². The maximum atomic E-state index is 6.29. The van der Waals surface area contributed by atoms with E-state index in [0.717, 1.165) is 56.4 Å². The molecule has 134 valence electrons. The van der Waals surface area contributed by atoms with Crippen molar-refractivity contribution in [2.24, 2.45) is 0 Å². The van der Waals surface area contributed by atoms with Crippen molar-refractivity contribution in [3.8, 4) is 22.6 Å². The Kier molecular flexibility index (Phi) is 4.07. The molecule has 0 unspecified atom stereocenters. The molecule has 3 aromatic rings. The van der Waals surface area contributed by atoms with E-state index in [-0.39, 0.29) is 0 Å². The molecule has 26 heavy (non-hydrogen) atoms. The van der Waals surface area contributed by atoms with Gasteiger partial charge in [-0.3, -0.25) is 0 Å². The van der Waals surface area contributed by atoms with Gasteiger partial charge >= 0.3 is 0 Å². The first-order valence-electron chi connectivity index (χ1n) is 8.58. The number of rotatable bonds is 2. The number of hydrogen-bond donors (Lipinski definition) is 0. The van der Waals surface area contributed by atoms with Crippen molar-refractivity contribution >= 4 is 39.7 Å². The van der Waals surface area contributed by atoms with E-state index in [4.69, 9.17) is 30.8 Å². The number of morpholine rings is 1. The fourth-order valence-electron chi connectivity index (χ4n) is 3.28. The molecule has 0 N–H and O–H groups in total. The molecule has 2 aliphatic rings. The van der Waals surface area contributed by atoms with Gasteiger partial charge in [0.1, 0.15) is 13.2 Å². The van der Waals surface area contributed by atoms with Crippen LogP contribution in [-0.2, 0) is 4.74 Å². The second kappa shape index (κ2) is 6.57. The maximum Gasteiger partial charge on any atom is 0.197 e. The molecular formula is C19H17NO4S2. The van der Waals surface area contributed by atoms with E-state index in [9.17, 15) is 0 Å². The summed E-state index contributed by atoms with van der Waals surface area (Å²) in [5.74, 6) is 2.37. The molecule has 0 radical (unpaired) electrons. The second-order valence-corrected chi connectivity index (χ2v) is 7.53. The number of nitrogens with zero attached hydrogens (tertiary/aromatic N) is 1. The molecule has 5 rings (SSSR count). The highest BCUT2D eigenvalue weighted by Crippen LogP contribution is 2.41. The van der Waals surface area contributed by atoms with Gasteiger partial charge in [0, 0.05) is 30.1 Å². The minimum atomic E-state index is 0.572. The molecule has 2 aliphatic heterocycles. The lowest BCUT2D eigenvalue weighted by molar-refractivity contribution is 0.121. The van der Waals surface area contributed by atoms with Crippen LogP contribution in [0.4, 0.5) is 5.88 Å². The summed E-state index contributed by atoms with van der Waals surface area (Å²) in [4.78, 5) is 2.18. The summed E-state index contributed by atoms with van der Waals surface area (Å²) in [5, 5.41) is 2.10. The molecular weight excluding hydrogens is 370 g/mol. The average Bonchev–Trinajstić information content (AvgIpc) is 3.13. The largest absolute Gasteiger partial charge is 0.486 e. The van der Waals surface area contributed by atoms with Crippen molar-refractivity contribution < 1.29 is 18.6 Å². The fraction of sp³-hybridized carbons (Fsp3) is 0.316. The number of thiophene rings is 1. The summed E-state index contributed by atoms with van der Waals surface area (Å²) in [7, 11) is 0. The summed E-state index contributed by atoms with van der Waals surface area (Å²) in [5.41, 5.74) is 2.90. The van der Waals surface area contributed by atoms with Crippen LogP contribution in [0, 0.1) is 4.51 Å². The molecule has 2 aromatic heterocycles. The molecule has 0 aliphatic carbocycles. The Balaban J connectivity index is 1.62. The minimum Gasteiger partial charge on any atom is -0.486 e. The second-order valence-electron chi connectivity index (χ2n) is 6.21. The normalized spacial score (nSPS) is 16.8. The van der Waals surface area contributed by atoms with Crippen molar-refractivity contribution in [2.75, 3.05) is 44.4 Å². The monoisotopic (exact) mass is 387 g/mol. The molecule has 1 aromatic carbocycles. The molecule has 0 saturated carbocycles. The molecule has 0 atom stereocenters. The van der Waals surface area contributed by atoms with Crippen molar-refractivity contribution in [3.05, 3.63) is 34.2 Å². The average molecular weight is 387 g/mol. The molecule has 4 heterocycles. The SMILES string of the molecule is S=c1cc(N2CCOCC2)oc2c(-c3ccc4c(c3)OCCO4)csc12. The van der Waals surface area contributed by atoms with Crippen LogP contribution in [0.15, 0.2) is 34.1 Å². The van der Waals surface area contributed by atoms with E-state index < -0.39 is 0 Å². The topological polar surface area (TPSA) is 44.1 Å². The smallest absolute Gasteiger partial charge is 0.197 e. The number of ether oxygens (including phenoxy) is 3. The quantitative estimate of drug-likeness (QED) is 0.604. The number of hydrogen-bond acceptors (Lipinski definition) is 7. The highest BCUT2D eigenvalue weighted by Gasteiger charge is 2.19. The number of benzene rings is 1. The first-order chi connectivity index (χ1) is 12.8. The summed E-state index contributed by atoms with van der Waals surface area (Å²) >= 11 is 7.23. The summed E-state index contributed by atoms with van der Waals surface area (Å²) in [6.07, 6.45) is 0. The lowest BCUT2D eigenvalue weighted by Gasteiger charge is -2.27. The van der Waals surface area contributed by atoms with Crippen LogP contribution in [0.3, 0.4) is 0 Å². The van der Waals surface area contributed by atoms with Crippen LogP contribution >= 0.6 is 23.6 Å². The molecule has 1 saturated heterocycles. The van der Waals surface area contributed by atoms with Crippen LogP contribution in [0.5, 0.6) is 11.5 Å². The maximum absolute atomic E-state index is 6.29. The van der Waals surface area contributed by atoms with Crippen LogP contribution in [0.1, 0.15) is 0 Å². The van der Waals surface area contributed by atoms with Gasteiger partial charge in [-0.05, 0) is 17.7 Å². The Morgan fingerprint density at radius 1 is 0.962 bits per heavy atom. The summed E-state index contributed by atoms with van der Waals surface area (Å²) in [6.45, 7) is 4.20. The van der Waals surface area contributed by atoms with Crippen LogP contribution in [-0.4, -0.2) is 39.5 Å². The molecule has 0 spiro atoms. The van der Waals surface area contributed by atoms with Crippen molar-refractivity contribution in [2.45, 2.75) is 0 Å². The summed E-state index contributed by atoms with van der Waals surface area (Å²) in [6, 6.07) is 7.95. The fourth-order valence-corrected chi connectivity index (χ4v) is 4.53. The van der Waals surface area contributed by atoms with Crippen molar-refractivity contribution in [1.29, 1.82) is 0 Å².